The Labute approximate surface area is 151 Å². The van der Waals surface area contributed by atoms with Crippen molar-refractivity contribution in [2.45, 2.75) is 25.9 Å². The molecule has 2 aromatic heterocycles. The molecule has 132 valence electrons. The van der Waals surface area contributed by atoms with Crippen molar-refractivity contribution >= 4 is 11.7 Å². The van der Waals surface area contributed by atoms with Gasteiger partial charge >= 0.3 is 0 Å². The molecule has 26 heavy (non-hydrogen) atoms. The van der Waals surface area contributed by atoms with E-state index in [4.69, 9.17) is 4.74 Å². The number of rotatable bonds is 4. The molecule has 0 radical (unpaired) electrons. The minimum Gasteiger partial charge on any atom is -0.373 e. The molecule has 4 rings (SSSR count). The molecule has 7 heteroatoms. The first-order chi connectivity index (χ1) is 12.7. The van der Waals surface area contributed by atoms with Gasteiger partial charge in [0.25, 0.3) is 0 Å². The van der Waals surface area contributed by atoms with Gasteiger partial charge in [0, 0.05) is 6.07 Å². The number of carbonyl (C=O) groups excluding carboxylic acids is 1. The predicted octanol–water partition coefficient (Wildman–Crippen LogP) is 2.61. The SMILES string of the molecule is Cc1ccc(-n2nccc2NC(=O)CC2OCCc3ccccc32)nn1. The Morgan fingerprint density at radius 3 is 2.96 bits per heavy atom. The lowest BCUT2D eigenvalue weighted by Gasteiger charge is -2.25. The second kappa shape index (κ2) is 7.05. The molecule has 1 atom stereocenters. The summed E-state index contributed by atoms with van der Waals surface area (Å²) in [6, 6.07) is 13.5. The van der Waals surface area contributed by atoms with Gasteiger partial charge in [-0.15, -0.1) is 5.10 Å². The zero-order chi connectivity index (χ0) is 17.9. The normalized spacial score (nSPS) is 16.1. The molecule has 1 unspecified atom stereocenters. The Morgan fingerprint density at radius 1 is 1.23 bits per heavy atom. The van der Waals surface area contributed by atoms with Crippen molar-refractivity contribution in [3.8, 4) is 5.82 Å². The van der Waals surface area contributed by atoms with Crippen LogP contribution in [0.15, 0.2) is 48.7 Å². The number of nitrogens with zero attached hydrogens (tertiary/aromatic N) is 4. The van der Waals surface area contributed by atoms with Gasteiger partial charge in [0.1, 0.15) is 5.82 Å². The quantitative estimate of drug-likeness (QED) is 0.783. The van der Waals surface area contributed by atoms with E-state index in [0.29, 0.717) is 18.2 Å². The van der Waals surface area contributed by atoms with Crippen molar-refractivity contribution in [2.24, 2.45) is 0 Å². The van der Waals surface area contributed by atoms with E-state index >= 15 is 0 Å². The van der Waals surface area contributed by atoms with Gasteiger partial charge in [-0.25, -0.2) is 0 Å². The van der Waals surface area contributed by atoms with Crippen LogP contribution in [0.25, 0.3) is 5.82 Å². The smallest absolute Gasteiger partial charge is 0.228 e. The first kappa shape index (κ1) is 16.4. The molecule has 3 heterocycles. The van der Waals surface area contributed by atoms with E-state index in [-0.39, 0.29) is 18.4 Å². The first-order valence-corrected chi connectivity index (χ1v) is 8.55. The van der Waals surface area contributed by atoms with E-state index in [1.807, 2.05) is 37.3 Å². The summed E-state index contributed by atoms with van der Waals surface area (Å²) in [5.74, 6) is 0.973. The van der Waals surface area contributed by atoms with Crippen molar-refractivity contribution in [1.29, 1.82) is 0 Å². The average Bonchev–Trinajstić information content (AvgIpc) is 3.10. The number of aryl methyl sites for hydroxylation is 1. The minimum atomic E-state index is -0.226. The number of carbonyl (C=O) groups is 1. The van der Waals surface area contributed by atoms with E-state index < -0.39 is 0 Å². The van der Waals surface area contributed by atoms with E-state index in [1.54, 1.807) is 16.9 Å². The molecule has 1 aromatic carbocycles. The Kier molecular flexibility index (Phi) is 4.45. The number of ether oxygens (including phenoxy) is 1. The predicted molar refractivity (Wildman–Crippen MR) is 96.0 cm³/mol. The summed E-state index contributed by atoms with van der Waals surface area (Å²) in [4.78, 5) is 12.6. The number of hydrogen-bond acceptors (Lipinski definition) is 5. The summed E-state index contributed by atoms with van der Waals surface area (Å²) in [5.41, 5.74) is 3.16. The second-order valence-electron chi connectivity index (χ2n) is 6.22. The van der Waals surface area contributed by atoms with E-state index in [9.17, 15) is 4.79 Å². The highest BCUT2D eigenvalue weighted by atomic mass is 16.5. The molecular weight excluding hydrogens is 330 g/mol. The van der Waals surface area contributed by atoms with Gasteiger partial charge in [0.05, 0.1) is 31.0 Å². The van der Waals surface area contributed by atoms with Crippen molar-refractivity contribution in [3.05, 3.63) is 65.5 Å². The zero-order valence-corrected chi connectivity index (χ0v) is 14.4. The molecule has 1 N–H and O–H groups in total. The van der Waals surface area contributed by atoms with Crippen LogP contribution in [0.1, 0.15) is 29.3 Å². The summed E-state index contributed by atoms with van der Waals surface area (Å²) in [5, 5.41) is 15.3. The van der Waals surface area contributed by atoms with Crippen LogP contribution < -0.4 is 5.32 Å². The maximum atomic E-state index is 12.6. The van der Waals surface area contributed by atoms with Gasteiger partial charge in [-0.05, 0) is 36.6 Å². The topological polar surface area (TPSA) is 81.9 Å². The molecule has 1 amide bonds. The molecule has 0 saturated heterocycles. The third kappa shape index (κ3) is 3.34. The van der Waals surface area contributed by atoms with E-state index in [1.165, 1.54) is 5.56 Å². The molecule has 0 bridgehead atoms. The van der Waals surface area contributed by atoms with Crippen LogP contribution in [0.5, 0.6) is 0 Å². The highest BCUT2D eigenvalue weighted by molar-refractivity contribution is 5.90. The maximum absolute atomic E-state index is 12.6. The van der Waals surface area contributed by atoms with Crippen molar-refractivity contribution in [3.63, 3.8) is 0 Å². The monoisotopic (exact) mass is 349 g/mol. The van der Waals surface area contributed by atoms with Gasteiger partial charge in [-0.3, -0.25) is 4.79 Å². The number of amides is 1. The highest BCUT2D eigenvalue weighted by Crippen LogP contribution is 2.29. The van der Waals surface area contributed by atoms with E-state index in [2.05, 4.69) is 26.7 Å². The lowest BCUT2D eigenvalue weighted by atomic mass is 9.96. The number of benzene rings is 1. The summed E-state index contributed by atoms with van der Waals surface area (Å²) in [6.07, 6.45) is 2.52. The van der Waals surface area contributed by atoms with Gasteiger partial charge in [0.2, 0.25) is 5.91 Å². The average molecular weight is 349 g/mol. The molecule has 1 aliphatic rings. The molecular formula is C19H19N5O2. The van der Waals surface area contributed by atoms with E-state index in [0.717, 1.165) is 17.7 Å². The van der Waals surface area contributed by atoms with Crippen LogP contribution in [0.3, 0.4) is 0 Å². The summed E-state index contributed by atoms with van der Waals surface area (Å²) in [7, 11) is 0. The van der Waals surface area contributed by atoms with Crippen LogP contribution in [0, 0.1) is 6.92 Å². The molecule has 0 spiro atoms. The lowest BCUT2D eigenvalue weighted by molar-refractivity contribution is -0.119. The summed E-state index contributed by atoms with van der Waals surface area (Å²) >= 11 is 0. The molecule has 1 aliphatic heterocycles. The Morgan fingerprint density at radius 2 is 2.12 bits per heavy atom. The Bertz CT molecular complexity index is 920. The number of anilines is 1. The van der Waals surface area contributed by atoms with Crippen molar-refractivity contribution < 1.29 is 9.53 Å². The Hall–Kier alpha value is -3.06. The number of nitrogens with one attached hydrogen (secondary N) is 1. The zero-order valence-electron chi connectivity index (χ0n) is 14.4. The minimum absolute atomic E-state index is 0.131. The standard InChI is InChI=1S/C19H19N5O2/c1-13-6-7-18(23-22-13)24-17(8-10-20-24)21-19(25)12-16-15-5-3-2-4-14(15)9-11-26-16/h2-8,10,16H,9,11-12H2,1H3,(H,21,25). The summed E-state index contributed by atoms with van der Waals surface area (Å²) in [6.45, 7) is 2.50. The van der Waals surface area contributed by atoms with Gasteiger partial charge in [-0.2, -0.15) is 14.9 Å². The molecule has 0 saturated carbocycles. The van der Waals surface area contributed by atoms with Gasteiger partial charge < -0.3 is 10.1 Å². The van der Waals surface area contributed by atoms with Crippen LogP contribution in [0.4, 0.5) is 5.82 Å². The molecule has 0 aliphatic carbocycles. The van der Waals surface area contributed by atoms with Crippen LogP contribution in [-0.2, 0) is 16.0 Å². The third-order valence-corrected chi connectivity index (χ3v) is 4.37. The largest absolute Gasteiger partial charge is 0.373 e. The third-order valence-electron chi connectivity index (χ3n) is 4.37. The lowest BCUT2D eigenvalue weighted by Crippen LogP contribution is -2.23. The number of hydrogen-bond donors (Lipinski definition) is 1. The number of fused-ring (bicyclic) bond motifs is 1. The fraction of sp³-hybridized carbons (Fsp3) is 0.263. The maximum Gasteiger partial charge on any atom is 0.228 e. The fourth-order valence-electron chi connectivity index (χ4n) is 3.09. The van der Waals surface area contributed by atoms with Crippen LogP contribution >= 0.6 is 0 Å². The Balaban J connectivity index is 1.49. The van der Waals surface area contributed by atoms with Crippen molar-refractivity contribution in [1.82, 2.24) is 20.0 Å². The van der Waals surface area contributed by atoms with Crippen LogP contribution in [0.2, 0.25) is 0 Å². The second-order valence-corrected chi connectivity index (χ2v) is 6.22. The van der Waals surface area contributed by atoms with Gasteiger partial charge in [0.15, 0.2) is 5.82 Å². The number of aromatic nitrogens is 4. The molecule has 0 fully saturated rings. The molecule has 3 aromatic rings. The first-order valence-electron chi connectivity index (χ1n) is 8.55. The van der Waals surface area contributed by atoms with Crippen molar-refractivity contribution in [2.75, 3.05) is 11.9 Å². The van der Waals surface area contributed by atoms with Crippen LogP contribution in [-0.4, -0.2) is 32.5 Å². The molecule has 7 nitrogen and oxygen atoms in total. The van der Waals surface area contributed by atoms with Gasteiger partial charge in [-0.1, -0.05) is 24.3 Å². The highest BCUT2D eigenvalue weighted by Gasteiger charge is 2.23. The summed E-state index contributed by atoms with van der Waals surface area (Å²) < 4.78 is 7.37. The fourth-order valence-corrected chi connectivity index (χ4v) is 3.09.